The molecular weight excluding hydrogens is 309 g/mol. The van der Waals surface area contributed by atoms with E-state index < -0.39 is 0 Å². The summed E-state index contributed by atoms with van der Waals surface area (Å²) < 4.78 is 13.5. The van der Waals surface area contributed by atoms with Gasteiger partial charge in [-0.3, -0.25) is 9.59 Å². The van der Waals surface area contributed by atoms with Crippen molar-refractivity contribution < 1.29 is 14.0 Å². The van der Waals surface area contributed by atoms with Crippen molar-refractivity contribution in [3.63, 3.8) is 0 Å². The summed E-state index contributed by atoms with van der Waals surface area (Å²) in [5, 5.41) is 3.25. The molecule has 0 radical (unpaired) electrons. The van der Waals surface area contributed by atoms with Crippen molar-refractivity contribution in [3.8, 4) is 0 Å². The van der Waals surface area contributed by atoms with Crippen molar-refractivity contribution in [3.05, 3.63) is 35.6 Å². The van der Waals surface area contributed by atoms with Crippen molar-refractivity contribution in [1.29, 1.82) is 0 Å². The Morgan fingerprint density at radius 1 is 1.29 bits per heavy atom. The number of halogens is 1. The summed E-state index contributed by atoms with van der Waals surface area (Å²) in [5.41, 5.74) is 0.783. The van der Waals surface area contributed by atoms with E-state index >= 15 is 0 Å². The van der Waals surface area contributed by atoms with Gasteiger partial charge in [0.1, 0.15) is 5.82 Å². The van der Waals surface area contributed by atoms with Gasteiger partial charge in [-0.2, -0.15) is 0 Å². The van der Waals surface area contributed by atoms with Crippen LogP contribution < -0.4 is 5.32 Å². The number of piperazine rings is 1. The normalized spacial score (nSPS) is 17.6. The monoisotopic (exact) mass is 335 g/mol. The van der Waals surface area contributed by atoms with Crippen LogP contribution in [0, 0.1) is 5.82 Å². The number of amides is 2. The van der Waals surface area contributed by atoms with E-state index in [1.807, 2.05) is 19.9 Å². The average Bonchev–Trinajstić information content (AvgIpc) is 2.60. The minimum absolute atomic E-state index is 0.00536. The number of carbonyl (C=O) groups is 2. The Morgan fingerprint density at radius 3 is 2.71 bits per heavy atom. The van der Waals surface area contributed by atoms with Gasteiger partial charge in [-0.05, 0) is 31.5 Å². The molecule has 1 atom stereocenters. The van der Waals surface area contributed by atoms with Gasteiger partial charge in [0.25, 0.3) is 0 Å². The lowest BCUT2D eigenvalue weighted by Crippen LogP contribution is -2.48. The third kappa shape index (κ3) is 4.54. The second-order valence-electron chi connectivity index (χ2n) is 5.93. The Kier molecular flexibility index (Phi) is 6.73. The summed E-state index contributed by atoms with van der Waals surface area (Å²) in [6.45, 7) is 7.05. The maximum atomic E-state index is 13.5. The third-order valence-electron chi connectivity index (χ3n) is 4.47. The molecule has 0 spiro atoms. The van der Waals surface area contributed by atoms with Crippen LogP contribution >= 0.6 is 0 Å². The predicted molar refractivity (Wildman–Crippen MR) is 90.9 cm³/mol. The molecule has 2 amide bonds. The zero-order chi connectivity index (χ0) is 17.5. The van der Waals surface area contributed by atoms with Crippen LogP contribution in [0.4, 0.5) is 4.39 Å². The highest BCUT2D eigenvalue weighted by Gasteiger charge is 2.28. The SMILES string of the molecule is CCN(CC)C(=O)CCC(=O)N1CCNCC1c1cccc(F)c1. The molecule has 1 fully saturated rings. The highest BCUT2D eigenvalue weighted by atomic mass is 19.1. The summed E-state index contributed by atoms with van der Waals surface area (Å²) in [6.07, 6.45) is 0.418. The Morgan fingerprint density at radius 2 is 2.04 bits per heavy atom. The second-order valence-corrected chi connectivity index (χ2v) is 5.93. The van der Waals surface area contributed by atoms with Crippen LogP contribution in [0.3, 0.4) is 0 Å². The molecule has 0 aromatic heterocycles. The van der Waals surface area contributed by atoms with Crippen molar-refractivity contribution >= 4 is 11.8 Å². The number of hydrogen-bond donors (Lipinski definition) is 1. The van der Waals surface area contributed by atoms with Gasteiger partial charge in [0.05, 0.1) is 6.04 Å². The van der Waals surface area contributed by atoms with E-state index in [2.05, 4.69) is 5.32 Å². The zero-order valence-electron chi connectivity index (χ0n) is 14.4. The lowest BCUT2D eigenvalue weighted by atomic mass is 10.0. The molecule has 1 aromatic carbocycles. The van der Waals surface area contributed by atoms with Gasteiger partial charge in [-0.1, -0.05) is 12.1 Å². The molecule has 2 rings (SSSR count). The number of rotatable bonds is 6. The fourth-order valence-electron chi connectivity index (χ4n) is 3.11. The molecule has 132 valence electrons. The molecule has 0 aliphatic carbocycles. The van der Waals surface area contributed by atoms with E-state index in [0.29, 0.717) is 32.7 Å². The smallest absolute Gasteiger partial charge is 0.223 e. The molecule has 24 heavy (non-hydrogen) atoms. The number of carbonyl (C=O) groups excluding carboxylic acids is 2. The van der Waals surface area contributed by atoms with Crippen LogP contribution in [0.5, 0.6) is 0 Å². The van der Waals surface area contributed by atoms with Crippen LogP contribution in [0.1, 0.15) is 38.3 Å². The first-order valence-corrected chi connectivity index (χ1v) is 8.60. The van der Waals surface area contributed by atoms with Crippen LogP contribution in [-0.2, 0) is 9.59 Å². The lowest BCUT2D eigenvalue weighted by Gasteiger charge is -2.36. The van der Waals surface area contributed by atoms with Gasteiger partial charge in [-0.25, -0.2) is 4.39 Å². The zero-order valence-corrected chi connectivity index (χ0v) is 14.4. The molecule has 6 heteroatoms. The maximum Gasteiger partial charge on any atom is 0.223 e. The van der Waals surface area contributed by atoms with Crippen molar-refractivity contribution in [2.75, 3.05) is 32.7 Å². The first-order valence-electron chi connectivity index (χ1n) is 8.60. The molecule has 1 aliphatic heterocycles. The van der Waals surface area contributed by atoms with Gasteiger partial charge in [-0.15, -0.1) is 0 Å². The Hall–Kier alpha value is -1.95. The molecule has 1 heterocycles. The van der Waals surface area contributed by atoms with Gasteiger partial charge in [0, 0.05) is 45.6 Å². The molecule has 1 saturated heterocycles. The Bertz CT molecular complexity index is 575. The summed E-state index contributed by atoms with van der Waals surface area (Å²) in [7, 11) is 0. The van der Waals surface area contributed by atoms with E-state index in [1.165, 1.54) is 12.1 Å². The molecule has 1 unspecified atom stereocenters. The van der Waals surface area contributed by atoms with Gasteiger partial charge < -0.3 is 15.1 Å². The average molecular weight is 335 g/mol. The second kappa shape index (κ2) is 8.78. The predicted octanol–water partition coefficient (Wildman–Crippen LogP) is 1.95. The molecule has 0 bridgehead atoms. The Labute approximate surface area is 142 Å². The van der Waals surface area contributed by atoms with Gasteiger partial charge >= 0.3 is 0 Å². The molecule has 1 aliphatic rings. The maximum absolute atomic E-state index is 13.5. The number of benzene rings is 1. The first-order chi connectivity index (χ1) is 11.6. The largest absolute Gasteiger partial charge is 0.343 e. The fraction of sp³-hybridized carbons (Fsp3) is 0.556. The topological polar surface area (TPSA) is 52.7 Å². The first kappa shape index (κ1) is 18.4. The van der Waals surface area contributed by atoms with Crippen molar-refractivity contribution in [1.82, 2.24) is 15.1 Å². The molecule has 5 nitrogen and oxygen atoms in total. The summed E-state index contributed by atoms with van der Waals surface area (Å²) in [5.74, 6) is -0.348. The van der Waals surface area contributed by atoms with Gasteiger partial charge in [0.15, 0.2) is 0 Å². The van der Waals surface area contributed by atoms with Crippen LogP contribution in [-0.4, -0.2) is 54.3 Å². The molecular formula is C18H26FN3O2. The number of nitrogens with zero attached hydrogens (tertiary/aromatic N) is 2. The quantitative estimate of drug-likeness (QED) is 0.864. The summed E-state index contributed by atoms with van der Waals surface area (Å²) in [4.78, 5) is 28.2. The van der Waals surface area contributed by atoms with Gasteiger partial charge in [0.2, 0.25) is 11.8 Å². The van der Waals surface area contributed by atoms with E-state index in [4.69, 9.17) is 0 Å². The summed E-state index contributed by atoms with van der Waals surface area (Å²) in [6, 6.07) is 6.17. The highest BCUT2D eigenvalue weighted by molar-refractivity contribution is 5.84. The number of hydrogen-bond acceptors (Lipinski definition) is 3. The highest BCUT2D eigenvalue weighted by Crippen LogP contribution is 2.24. The Balaban J connectivity index is 2.02. The third-order valence-corrected chi connectivity index (χ3v) is 4.47. The standard InChI is InChI=1S/C18H26FN3O2/c1-3-21(4-2)17(23)8-9-18(24)22-11-10-20-13-16(22)14-6-5-7-15(19)12-14/h5-7,12,16,20H,3-4,8-11,13H2,1-2H3. The minimum atomic E-state index is -0.304. The summed E-state index contributed by atoms with van der Waals surface area (Å²) >= 11 is 0. The van der Waals surface area contributed by atoms with E-state index in [9.17, 15) is 14.0 Å². The van der Waals surface area contributed by atoms with Crippen molar-refractivity contribution in [2.45, 2.75) is 32.7 Å². The van der Waals surface area contributed by atoms with Crippen LogP contribution in [0.15, 0.2) is 24.3 Å². The van der Waals surface area contributed by atoms with E-state index in [-0.39, 0.29) is 36.5 Å². The van der Waals surface area contributed by atoms with E-state index in [0.717, 1.165) is 5.56 Å². The van der Waals surface area contributed by atoms with Crippen LogP contribution in [0.25, 0.3) is 0 Å². The van der Waals surface area contributed by atoms with Crippen molar-refractivity contribution in [2.24, 2.45) is 0 Å². The molecule has 1 N–H and O–H groups in total. The van der Waals surface area contributed by atoms with Crippen LogP contribution in [0.2, 0.25) is 0 Å². The molecule has 0 saturated carbocycles. The van der Waals surface area contributed by atoms with E-state index in [1.54, 1.807) is 15.9 Å². The fourth-order valence-corrected chi connectivity index (χ4v) is 3.11. The minimum Gasteiger partial charge on any atom is -0.343 e. The molecule has 1 aromatic rings. The lowest BCUT2D eigenvalue weighted by molar-refractivity contribution is -0.138. The number of nitrogens with one attached hydrogen (secondary N) is 1.